The first kappa shape index (κ1) is 21.2. The van der Waals surface area contributed by atoms with Crippen LogP contribution in [0, 0.1) is 40.8 Å². The number of carbonyl (C=O) groups is 2. The van der Waals surface area contributed by atoms with E-state index in [1.165, 1.54) is 49.5 Å². The van der Waals surface area contributed by atoms with Crippen molar-refractivity contribution >= 4 is 11.9 Å². The molecule has 3 atom stereocenters. The number of hydrogen-bond donors (Lipinski definition) is 1. The fourth-order valence-corrected chi connectivity index (χ4v) is 8.79. The van der Waals surface area contributed by atoms with Crippen molar-refractivity contribution in [3.05, 3.63) is 29.1 Å². The summed E-state index contributed by atoms with van der Waals surface area (Å²) in [6.07, 6.45) is 11.7. The number of carboxylic acid groups (broad SMARTS) is 1. The lowest BCUT2D eigenvalue weighted by Gasteiger charge is -2.56. The Bertz CT molecular complexity index is 1010. The van der Waals surface area contributed by atoms with Gasteiger partial charge in [0.1, 0.15) is 17.6 Å². The highest BCUT2D eigenvalue weighted by Crippen LogP contribution is 2.60. The van der Waals surface area contributed by atoms with E-state index in [-0.39, 0.29) is 22.8 Å². The Hall–Kier alpha value is -2.11. The number of aliphatic carboxylic acids is 1. The molecular formula is C28H34FNO4. The molecule has 6 aliphatic carbocycles. The smallest absolute Gasteiger partial charge is 0.326 e. The normalized spacial score (nSPS) is 39.6. The van der Waals surface area contributed by atoms with Crippen LogP contribution in [-0.4, -0.2) is 41.1 Å². The van der Waals surface area contributed by atoms with Crippen LogP contribution < -0.4 is 4.74 Å². The van der Waals surface area contributed by atoms with Crippen LogP contribution in [0.25, 0.3) is 0 Å². The topological polar surface area (TPSA) is 66.8 Å². The van der Waals surface area contributed by atoms with Gasteiger partial charge in [-0.25, -0.2) is 9.18 Å². The molecule has 0 radical (unpaired) electrons. The minimum Gasteiger partial charge on any atom is -0.493 e. The maximum Gasteiger partial charge on any atom is 0.326 e. The molecule has 1 heterocycles. The summed E-state index contributed by atoms with van der Waals surface area (Å²) in [4.78, 5) is 26.7. The molecule has 4 bridgehead atoms. The molecule has 34 heavy (non-hydrogen) atoms. The van der Waals surface area contributed by atoms with Crippen LogP contribution in [0.5, 0.6) is 5.75 Å². The van der Waals surface area contributed by atoms with Crippen LogP contribution in [-0.2, 0) is 4.79 Å². The van der Waals surface area contributed by atoms with Crippen LogP contribution >= 0.6 is 0 Å². The first-order chi connectivity index (χ1) is 16.4. The van der Waals surface area contributed by atoms with Gasteiger partial charge in [0.25, 0.3) is 5.91 Å². The zero-order valence-corrected chi connectivity index (χ0v) is 19.7. The van der Waals surface area contributed by atoms with Gasteiger partial charge >= 0.3 is 5.97 Å². The summed E-state index contributed by atoms with van der Waals surface area (Å²) in [5, 5.41) is 9.75. The molecule has 1 amide bonds. The maximum absolute atomic E-state index is 15.4. The minimum absolute atomic E-state index is 0.00954. The quantitative estimate of drug-likeness (QED) is 0.622. The summed E-state index contributed by atoms with van der Waals surface area (Å²) >= 11 is 0. The molecule has 7 fully saturated rings. The first-order valence-electron chi connectivity index (χ1n) is 13.4. The second kappa shape index (κ2) is 7.44. The Morgan fingerprint density at radius 3 is 2.26 bits per heavy atom. The van der Waals surface area contributed by atoms with Crippen LogP contribution in [0.15, 0.2) is 12.1 Å². The Balaban J connectivity index is 1.14. The van der Waals surface area contributed by atoms with E-state index in [0.717, 1.165) is 49.0 Å². The van der Waals surface area contributed by atoms with E-state index in [2.05, 4.69) is 0 Å². The molecular weight excluding hydrogens is 433 g/mol. The van der Waals surface area contributed by atoms with Gasteiger partial charge in [0, 0.05) is 18.0 Å². The van der Waals surface area contributed by atoms with Crippen molar-refractivity contribution in [3.8, 4) is 5.75 Å². The molecule has 1 aliphatic heterocycles. The number of ether oxygens (including phenoxy) is 1. The predicted molar refractivity (Wildman–Crippen MR) is 123 cm³/mol. The second-order valence-corrected chi connectivity index (χ2v) is 12.6. The summed E-state index contributed by atoms with van der Waals surface area (Å²) in [5.41, 5.74) is 1.18. The highest BCUT2D eigenvalue weighted by molar-refractivity contribution is 5.98. The molecule has 1 aromatic carbocycles. The summed E-state index contributed by atoms with van der Waals surface area (Å²) in [5.74, 6) is 1.64. The lowest BCUT2D eigenvalue weighted by molar-refractivity contribution is -0.143. The van der Waals surface area contributed by atoms with Gasteiger partial charge in [-0.15, -0.1) is 0 Å². The third-order valence-corrected chi connectivity index (χ3v) is 10.2. The van der Waals surface area contributed by atoms with Crippen molar-refractivity contribution < 1.29 is 23.8 Å². The number of rotatable bonds is 6. The van der Waals surface area contributed by atoms with Crippen LogP contribution in [0.4, 0.5) is 4.39 Å². The number of carbonyl (C=O) groups excluding carboxylic acids is 1. The summed E-state index contributed by atoms with van der Waals surface area (Å²) in [6, 6.07) is 2.27. The Labute approximate surface area is 200 Å². The highest BCUT2D eigenvalue weighted by Gasteiger charge is 2.53. The summed E-state index contributed by atoms with van der Waals surface area (Å²) in [7, 11) is 0. The number of hydrogen-bond acceptors (Lipinski definition) is 3. The predicted octanol–water partition coefficient (Wildman–Crippen LogP) is 5.23. The minimum atomic E-state index is -0.973. The van der Waals surface area contributed by atoms with Crippen molar-refractivity contribution in [3.63, 3.8) is 0 Å². The molecule has 1 aromatic rings. The molecule has 6 heteroatoms. The third-order valence-electron chi connectivity index (χ3n) is 10.2. The van der Waals surface area contributed by atoms with Crippen molar-refractivity contribution in [2.75, 3.05) is 13.2 Å². The summed E-state index contributed by atoms with van der Waals surface area (Å²) in [6.45, 7) is 1.07. The molecule has 7 aliphatic rings. The average molecular weight is 468 g/mol. The monoisotopic (exact) mass is 467 g/mol. The van der Waals surface area contributed by atoms with Gasteiger partial charge in [-0.05, 0) is 111 Å². The molecule has 8 rings (SSSR count). The number of likely N-dealkylation sites (tertiary alicyclic amines) is 1. The molecule has 1 saturated heterocycles. The van der Waals surface area contributed by atoms with E-state index in [1.807, 2.05) is 0 Å². The van der Waals surface area contributed by atoms with E-state index in [0.29, 0.717) is 24.8 Å². The highest BCUT2D eigenvalue weighted by atomic mass is 19.1. The zero-order chi connectivity index (χ0) is 23.2. The number of carboxylic acids is 1. The molecule has 0 spiro atoms. The van der Waals surface area contributed by atoms with Gasteiger partial charge < -0.3 is 14.7 Å². The van der Waals surface area contributed by atoms with Gasteiger partial charge in [-0.3, -0.25) is 4.79 Å². The number of fused-ring (bicyclic) bond motifs is 1. The largest absolute Gasteiger partial charge is 0.493 e. The Kier molecular flexibility index (Phi) is 4.64. The Morgan fingerprint density at radius 1 is 1.03 bits per heavy atom. The number of nitrogens with zero attached hydrogens (tertiary/aromatic N) is 1. The van der Waals surface area contributed by atoms with Crippen molar-refractivity contribution in [1.82, 2.24) is 4.90 Å². The van der Waals surface area contributed by atoms with Crippen molar-refractivity contribution in [1.29, 1.82) is 0 Å². The van der Waals surface area contributed by atoms with Gasteiger partial charge in [-0.1, -0.05) is 0 Å². The van der Waals surface area contributed by atoms with E-state index >= 15 is 4.39 Å². The van der Waals surface area contributed by atoms with E-state index in [1.54, 1.807) is 6.07 Å². The van der Waals surface area contributed by atoms with Gasteiger partial charge in [0.2, 0.25) is 0 Å². The molecule has 6 saturated carbocycles. The number of amides is 1. The second-order valence-electron chi connectivity index (χ2n) is 12.6. The van der Waals surface area contributed by atoms with Gasteiger partial charge in [0.05, 0.1) is 12.2 Å². The van der Waals surface area contributed by atoms with Crippen molar-refractivity contribution in [2.45, 2.75) is 76.2 Å². The average Bonchev–Trinajstić information content (AvgIpc) is 3.56. The van der Waals surface area contributed by atoms with Crippen LogP contribution in [0.3, 0.4) is 0 Å². The lowest BCUT2D eigenvalue weighted by atomic mass is 9.50. The van der Waals surface area contributed by atoms with E-state index < -0.39 is 23.7 Å². The van der Waals surface area contributed by atoms with Gasteiger partial charge in [-0.2, -0.15) is 0 Å². The fourth-order valence-electron chi connectivity index (χ4n) is 8.79. The molecule has 0 aromatic heterocycles. The third kappa shape index (κ3) is 3.30. The standard InChI is InChI=1S/C28H34FNO4/c29-23-9-24(34-14-28-10-15-5-16(11-28)7-17(6-15)12-28)21(18-1-2-18)8-22(23)26(31)30-13-19-3-4-20(19)25(30)27(32)33/h8-9,15-20,25H,1-7,10-14H2,(H,32,33)/t15?,16?,17?,19-,20-,25-,28?/m0/s1. The first-order valence-corrected chi connectivity index (χ1v) is 13.4. The molecule has 1 N–H and O–H groups in total. The molecule has 0 unspecified atom stereocenters. The fraction of sp³-hybridized carbons (Fsp3) is 0.714. The summed E-state index contributed by atoms with van der Waals surface area (Å²) < 4.78 is 21.8. The molecule has 182 valence electrons. The maximum atomic E-state index is 15.4. The van der Waals surface area contributed by atoms with E-state index in [9.17, 15) is 14.7 Å². The van der Waals surface area contributed by atoms with Crippen molar-refractivity contribution in [2.24, 2.45) is 35.0 Å². The lowest BCUT2D eigenvalue weighted by Crippen LogP contribution is -2.48. The number of halogens is 1. The zero-order valence-electron chi connectivity index (χ0n) is 19.7. The Morgan fingerprint density at radius 2 is 1.71 bits per heavy atom. The SMILES string of the molecule is O=C(O)[C@@H]1[C@H]2CC[C@H]2CN1C(=O)c1cc(C2CC2)c(OCC23CC4CC(CC(C4)C2)C3)cc1F. The van der Waals surface area contributed by atoms with Gasteiger partial charge in [0.15, 0.2) is 0 Å². The molecule has 5 nitrogen and oxygen atoms in total. The van der Waals surface area contributed by atoms with Crippen LogP contribution in [0.2, 0.25) is 0 Å². The van der Waals surface area contributed by atoms with Crippen LogP contribution in [0.1, 0.15) is 86.0 Å². The van der Waals surface area contributed by atoms with E-state index in [4.69, 9.17) is 4.74 Å². The number of benzene rings is 1.